The molecule has 2 heterocycles. The van der Waals surface area contributed by atoms with Gasteiger partial charge >= 0.3 is 0 Å². The largest absolute Gasteiger partial charge is 0.496 e. The smallest absolute Gasteiger partial charge is 0.221 e. The number of fused-ring (bicyclic) bond motifs is 1. The van der Waals surface area contributed by atoms with E-state index in [0.717, 1.165) is 36.6 Å². The third-order valence-corrected chi connectivity index (χ3v) is 4.24. The minimum absolute atomic E-state index is 0.0376. The number of methoxy groups -OCH3 is 1. The fraction of sp³-hybridized carbons (Fsp3) is 0.412. The normalized spacial score (nSPS) is 17.6. The first-order chi connectivity index (χ1) is 11.2. The van der Waals surface area contributed by atoms with Crippen LogP contribution in [-0.2, 0) is 17.9 Å². The molecule has 0 saturated carbocycles. The lowest BCUT2D eigenvalue weighted by Gasteiger charge is -2.33. The van der Waals surface area contributed by atoms with Crippen LogP contribution in [-0.4, -0.2) is 41.3 Å². The quantitative estimate of drug-likeness (QED) is 0.910. The Morgan fingerprint density at radius 1 is 1.39 bits per heavy atom. The lowest BCUT2D eigenvalue weighted by atomic mass is 10.1. The van der Waals surface area contributed by atoms with Crippen LogP contribution in [0.3, 0.4) is 0 Å². The van der Waals surface area contributed by atoms with Crippen molar-refractivity contribution < 1.29 is 9.53 Å². The van der Waals surface area contributed by atoms with Crippen LogP contribution in [0.15, 0.2) is 36.5 Å². The highest BCUT2D eigenvalue weighted by Gasteiger charge is 2.27. The van der Waals surface area contributed by atoms with Gasteiger partial charge in [-0.1, -0.05) is 18.2 Å². The van der Waals surface area contributed by atoms with Gasteiger partial charge in [-0.05, 0) is 12.1 Å². The summed E-state index contributed by atoms with van der Waals surface area (Å²) >= 11 is 0. The van der Waals surface area contributed by atoms with Crippen LogP contribution in [0.4, 0.5) is 0 Å². The summed E-state index contributed by atoms with van der Waals surface area (Å²) in [5.74, 6) is 0.935. The van der Waals surface area contributed by atoms with Crippen molar-refractivity contribution in [2.45, 2.75) is 25.6 Å². The molecule has 0 bridgehead atoms. The van der Waals surface area contributed by atoms with Crippen LogP contribution in [0.25, 0.3) is 0 Å². The molecule has 2 aromatic rings. The van der Waals surface area contributed by atoms with Crippen LogP contribution in [0.2, 0.25) is 0 Å². The molecule has 0 spiro atoms. The number of nitrogens with zero attached hydrogens (tertiary/aromatic N) is 3. The van der Waals surface area contributed by atoms with Crippen molar-refractivity contribution in [3.8, 4) is 5.75 Å². The second-order valence-corrected chi connectivity index (χ2v) is 5.78. The van der Waals surface area contributed by atoms with Crippen LogP contribution in [0.1, 0.15) is 23.7 Å². The van der Waals surface area contributed by atoms with E-state index < -0.39 is 0 Å². The van der Waals surface area contributed by atoms with Crippen molar-refractivity contribution in [2.75, 3.05) is 20.7 Å². The summed E-state index contributed by atoms with van der Waals surface area (Å²) in [4.78, 5) is 14.1. The third-order valence-electron chi connectivity index (χ3n) is 4.24. The predicted octanol–water partition coefficient (Wildman–Crippen LogP) is 1.58. The number of hydrogen-bond donors (Lipinski definition) is 1. The van der Waals surface area contributed by atoms with E-state index >= 15 is 0 Å². The van der Waals surface area contributed by atoms with Gasteiger partial charge in [0.25, 0.3) is 0 Å². The van der Waals surface area contributed by atoms with E-state index in [0.29, 0.717) is 6.42 Å². The van der Waals surface area contributed by atoms with Gasteiger partial charge in [-0.15, -0.1) is 0 Å². The fourth-order valence-electron chi connectivity index (χ4n) is 3.13. The van der Waals surface area contributed by atoms with Crippen molar-refractivity contribution >= 4 is 5.91 Å². The first-order valence-electron chi connectivity index (χ1n) is 7.78. The van der Waals surface area contributed by atoms with E-state index in [9.17, 15) is 4.79 Å². The molecule has 23 heavy (non-hydrogen) atoms. The van der Waals surface area contributed by atoms with Crippen LogP contribution < -0.4 is 10.1 Å². The van der Waals surface area contributed by atoms with E-state index in [4.69, 9.17) is 4.74 Å². The molecule has 6 nitrogen and oxygen atoms in total. The van der Waals surface area contributed by atoms with Gasteiger partial charge < -0.3 is 10.1 Å². The molecule has 122 valence electrons. The van der Waals surface area contributed by atoms with Crippen molar-refractivity contribution in [2.24, 2.45) is 0 Å². The summed E-state index contributed by atoms with van der Waals surface area (Å²) in [5.41, 5.74) is 2.29. The average molecular weight is 314 g/mol. The third kappa shape index (κ3) is 3.37. The first kappa shape index (κ1) is 15.6. The number of ether oxygens (including phenoxy) is 1. The SMILES string of the molecule is CNC(=O)C[C@H]1CN(Cc2ccccc2OC)Cc2ccnn21. The molecule has 1 aromatic carbocycles. The minimum Gasteiger partial charge on any atom is -0.496 e. The van der Waals surface area contributed by atoms with E-state index in [1.54, 1.807) is 20.4 Å². The van der Waals surface area contributed by atoms with E-state index in [-0.39, 0.29) is 11.9 Å². The van der Waals surface area contributed by atoms with Crippen molar-refractivity contribution in [1.29, 1.82) is 0 Å². The maximum Gasteiger partial charge on any atom is 0.221 e. The first-order valence-corrected chi connectivity index (χ1v) is 7.78. The minimum atomic E-state index is 0.0376. The zero-order chi connectivity index (χ0) is 16.2. The Kier molecular flexibility index (Phi) is 4.62. The highest BCUT2D eigenvalue weighted by molar-refractivity contribution is 5.76. The number of carbonyl (C=O) groups excluding carboxylic acids is 1. The van der Waals surface area contributed by atoms with E-state index in [1.165, 1.54) is 0 Å². The molecule has 1 N–H and O–H groups in total. The van der Waals surface area contributed by atoms with Gasteiger partial charge in [-0.3, -0.25) is 14.4 Å². The number of carbonyl (C=O) groups is 1. The van der Waals surface area contributed by atoms with Crippen molar-refractivity contribution in [3.05, 3.63) is 47.8 Å². The number of benzene rings is 1. The van der Waals surface area contributed by atoms with E-state index in [2.05, 4.69) is 21.4 Å². The van der Waals surface area contributed by atoms with Gasteiger partial charge in [-0.2, -0.15) is 5.10 Å². The van der Waals surface area contributed by atoms with Crippen LogP contribution in [0.5, 0.6) is 5.75 Å². The Balaban J connectivity index is 1.78. The number of aromatic nitrogens is 2. The lowest BCUT2D eigenvalue weighted by Crippen LogP contribution is -2.39. The number of hydrogen-bond acceptors (Lipinski definition) is 4. The second kappa shape index (κ2) is 6.83. The topological polar surface area (TPSA) is 59.4 Å². The Hall–Kier alpha value is -2.34. The zero-order valence-electron chi connectivity index (χ0n) is 13.5. The molecule has 1 amide bonds. The molecule has 0 unspecified atom stereocenters. The standard InChI is InChI=1S/C17H22N4O2/c1-18-17(22)9-15-12-20(11-14-7-8-19-21(14)15)10-13-5-3-4-6-16(13)23-2/h3-8,15H,9-12H2,1-2H3,(H,18,22)/t15-/m0/s1. The zero-order valence-corrected chi connectivity index (χ0v) is 13.5. The Bertz CT molecular complexity index is 683. The van der Waals surface area contributed by atoms with Gasteiger partial charge in [0.1, 0.15) is 5.75 Å². The van der Waals surface area contributed by atoms with Crippen LogP contribution in [0, 0.1) is 0 Å². The number of rotatable bonds is 5. The maximum atomic E-state index is 11.8. The van der Waals surface area contributed by atoms with Gasteiger partial charge in [0.2, 0.25) is 5.91 Å². The summed E-state index contributed by atoms with van der Waals surface area (Å²) in [6, 6.07) is 10.1. The maximum absolute atomic E-state index is 11.8. The van der Waals surface area contributed by atoms with Gasteiger partial charge in [0.05, 0.1) is 25.3 Å². The van der Waals surface area contributed by atoms with Crippen molar-refractivity contribution in [3.63, 3.8) is 0 Å². The summed E-state index contributed by atoms with van der Waals surface area (Å²) < 4.78 is 7.42. The second-order valence-electron chi connectivity index (χ2n) is 5.78. The molecule has 1 aliphatic rings. The molecular formula is C17H22N4O2. The van der Waals surface area contributed by atoms with Crippen LogP contribution >= 0.6 is 0 Å². The van der Waals surface area contributed by atoms with Gasteiger partial charge in [0, 0.05) is 38.4 Å². The lowest BCUT2D eigenvalue weighted by molar-refractivity contribution is -0.121. The predicted molar refractivity (Wildman–Crippen MR) is 87.1 cm³/mol. The number of amides is 1. The fourth-order valence-corrected chi connectivity index (χ4v) is 3.13. The molecule has 6 heteroatoms. The summed E-state index contributed by atoms with van der Waals surface area (Å²) in [6.07, 6.45) is 2.24. The molecule has 1 aromatic heterocycles. The highest BCUT2D eigenvalue weighted by Crippen LogP contribution is 2.26. The Morgan fingerprint density at radius 2 is 2.22 bits per heavy atom. The molecule has 0 radical (unpaired) electrons. The molecular weight excluding hydrogens is 292 g/mol. The molecule has 0 aliphatic carbocycles. The number of para-hydroxylation sites is 1. The summed E-state index contributed by atoms with van der Waals surface area (Å²) in [7, 11) is 3.36. The van der Waals surface area contributed by atoms with Gasteiger partial charge in [-0.25, -0.2) is 0 Å². The highest BCUT2D eigenvalue weighted by atomic mass is 16.5. The molecule has 0 fully saturated rings. The monoisotopic (exact) mass is 314 g/mol. The summed E-state index contributed by atoms with van der Waals surface area (Å²) in [6.45, 7) is 2.40. The Morgan fingerprint density at radius 3 is 3.00 bits per heavy atom. The molecule has 0 saturated heterocycles. The molecule has 3 rings (SSSR count). The molecule has 1 atom stereocenters. The summed E-state index contributed by atoms with van der Waals surface area (Å²) in [5, 5.41) is 7.09. The Labute approximate surface area is 136 Å². The van der Waals surface area contributed by atoms with E-state index in [1.807, 2.05) is 28.9 Å². The van der Waals surface area contributed by atoms with Crippen molar-refractivity contribution in [1.82, 2.24) is 20.0 Å². The van der Waals surface area contributed by atoms with Gasteiger partial charge in [0.15, 0.2) is 0 Å². The molecule has 1 aliphatic heterocycles. The number of nitrogens with one attached hydrogen (secondary N) is 1. The average Bonchev–Trinajstić information content (AvgIpc) is 3.04.